The van der Waals surface area contributed by atoms with E-state index in [0.717, 1.165) is 15.2 Å². The molecule has 118 valence electrons. The van der Waals surface area contributed by atoms with Gasteiger partial charge in [0.05, 0.1) is 15.8 Å². The molecule has 7 heteroatoms. The number of rotatable bonds is 4. The summed E-state index contributed by atoms with van der Waals surface area (Å²) in [5.41, 5.74) is 1.40. The molecule has 0 bridgehead atoms. The Balaban J connectivity index is 2.02. The fourth-order valence-electron chi connectivity index (χ4n) is 2.23. The number of thioether (sulfide) groups is 1. The largest absolute Gasteiger partial charge is 0.284 e. The molecule has 0 saturated carbocycles. The monoisotopic (exact) mass is 363 g/mol. The zero-order chi connectivity index (χ0) is 16.4. The summed E-state index contributed by atoms with van der Waals surface area (Å²) in [5.74, 6) is -0.0879. The number of pyridine rings is 1. The van der Waals surface area contributed by atoms with Gasteiger partial charge >= 0.3 is 0 Å². The molecule has 3 rings (SSSR count). The zero-order valence-electron chi connectivity index (χ0n) is 12.6. The number of amides is 1. The fourth-order valence-corrected chi connectivity index (χ4v) is 3.95. The number of nitrogens with zero attached hydrogens (tertiary/aromatic N) is 3. The highest BCUT2D eigenvalue weighted by atomic mass is 35.5. The van der Waals surface area contributed by atoms with Crippen LogP contribution in [0.15, 0.2) is 41.6 Å². The Hall–Kier alpha value is -1.63. The summed E-state index contributed by atoms with van der Waals surface area (Å²) in [6.45, 7) is 2.47. The van der Waals surface area contributed by atoms with Crippen LogP contribution in [0.25, 0.3) is 10.2 Å². The highest BCUT2D eigenvalue weighted by molar-refractivity contribution is 7.98. The molecule has 0 N–H and O–H groups in total. The van der Waals surface area contributed by atoms with Gasteiger partial charge in [0.25, 0.3) is 5.91 Å². The quantitative estimate of drug-likeness (QED) is 0.628. The van der Waals surface area contributed by atoms with Crippen molar-refractivity contribution in [1.82, 2.24) is 9.97 Å². The Bertz CT molecular complexity index is 865. The highest BCUT2D eigenvalue weighted by Gasteiger charge is 2.22. The van der Waals surface area contributed by atoms with Crippen molar-refractivity contribution >= 4 is 56.0 Å². The number of hydrogen-bond acceptors (Lipinski definition) is 5. The predicted octanol–water partition coefficient (Wildman–Crippen LogP) is 4.73. The Morgan fingerprint density at radius 2 is 2.22 bits per heavy atom. The maximum absolute atomic E-state index is 12.9. The van der Waals surface area contributed by atoms with Crippen molar-refractivity contribution in [3.05, 3.63) is 47.1 Å². The van der Waals surface area contributed by atoms with E-state index >= 15 is 0 Å². The Kier molecular flexibility index (Phi) is 4.84. The van der Waals surface area contributed by atoms with Crippen LogP contribution in [-0.2, 0) is 0 Å². The van der Waals surface area contributed by atoms with Crippen LogP contribution in [0.2, 0.25) is 5.02 Å². The molecule has 23 heavy (non-hydrogen) atoms. The Labute approximate surface area is 147 Å². The summed E-state index contributed by atoms with van der Waals surface area (Å²) in [4.78, 5) is 23.4. The van der Waals surface area contributed by atoms with Crippen LogP contribution < -0.4 is 4.90 Å². The number of fused-ring (bicyclic) bond motifs is 1. The second-order valence-electron chi connectivity index (χ2n) is 4.72. The lowest BCUT2D eigenvalue weighted by Crippen LogP contribution is -2.31. The lowest BCUT2D eigenvalue weighted by Gasteiger charge is -2.18. The maximum Gasteiger partial charge on any atom is 0.262 e. The average molecular weight is 364 g/mol. The van der Waals surface area contributed by atoms with Crippen molar-refractivity contribution in [3.63, 3.8) is 0 Å². The number of hydrogen-bond donors (Lipinski definition) is 0. The number of carbonyl (C=O) groups excluding carboxylic acids is 1. The van der Waals surface area contributed by atoms with Crippen LogP contribution in [0.3, 0.4) is 0 Å². The molecule has 0 saturated heterocycles. The lowest BCUT2D eigenvalue weighted by atomic mass is 10.2. The van der Waals surface area contributed by atoms with Crippen molar-refractivity contribution < 1.29 is 4.79 Å². The summed E-state index contributed by atoms with van der Waals surface area (Å²) >= 11 is 8.96. The van der Waals surface area contributed by atoms with Gasteiger partial charge in [0.1, 0.15) is 5.03 Å². The first kappa shape index (κ1) is 16.2. The van der Waals surface area contributed by atoms with Gasteiger partial charge < -0.3 is 0 Å². The average Bonchev–Trinajstić information content (AvgIpc) is 2.97. The number of anilines is 1. The predicted molar refractivity (Wildman–Crippen MR) is 98.0 cm³/mol. The number of carbonyl (C=O) groups is 1. The molecular formula is C16H14ClN3OS2. The van der Waals surface area contributed by atoms with E-state index in [-0.39, 0.29) is 5.91 Å². The van der Waals surface area contributed by atoms with Gasteiger partial charge in [-0.05, 0) is 43.5 Å². The minimum Gasteiger partial charge on any atom is -0.284 e. The molecule has 0 aliphatic carbocycles. The minimum atomic E-state index is -0.0879. The molecule has 0 aliphatic heterocycles. The van der Waals surface area contributed by atoms with Crippen LogP contribution in [0, 0.1) is 0 Å². The second kappa shape index (κ2) is 6.86. The van der Waals surface area contributed by atoms with Crippen molar-refractivity contribution in [3.8, 4) is 0 Å². The van der Waals surface area contributed by atoms with Crippen molar-refractivity contribution in [2.24, 2.45) is 0 Å². The molecule has 1 amide bonds. The molecule has 0 fully saturated rings. The van der Waals surface area contributed by atoms with E-state index in [1.165, 1.54) is 23.1 Å². The zero-order valence-corrected chi connectivity index (χ0v) is 15.0. The number of aromatic nitrogens is 2. The second-order valence-corrected chi connectivity index (χ2v) is 6.96. The normalized spacial score (nSPS) is 10.9. The van der Waals surface area contributed by atoms with E-state index in [4.69, 9.17) is 11.6 Å². The van der Waals surface area contributed by atoms with Crippen molar-refractivity contribution in [2.75, 3.05) is 17.7 Å². The molecule has 1 aromatic carbocycles. The van der Waals surface area contributed by atoms with E-state index in [1.807, 2.05) is 31.4 Å². The van der Waals surface area contributed by atoms with Gasteiger partial charge in [-0.3, -0.25) is 9.69 Å². The van der Waals surface area contributed by atoms with Gasteiger partial charge in [-0.1, -0.05) is 22.9 Å². The maximum atomic E-state index is 12.9. The van der Waals surface area contributed by atoms with Gasteiger partial charge in [-0.2, -0.15) is 0 Å². The smallest absolute Gasteiger partial charge is 0.262 e. The van der Waals surface area contributed by atoms with Gasteiger partial charge in [-0.25, -0.2) is 9.97 Å². The summed E-state index contributed by atoms with van der Waals surface area (Å²) in [7, 11) is 0. The molecule has 0 atom stereocenters. The van der Waals surface area contributed by atoms with Crippen LogP contribution in [0.1, 0.15) is 17.3 Å². The van der Waals surface area contributed by atoms with Crippen molar-refractivity contribution in [1.29, 1.82) is 0 Å². The first-order valence-corrected chi connectivity index (χ1v) is 9.43. The SMILES string of the molecule is CCN(C(=O)c1cccnc1SC)c1nc2cc(Cl)ccc2s1. The molecule has 0 spiro atoms. The molecule has 4 nitrogen and oxygen atoms in total. The third-order valence-electron chi connectivity index (χ3n) is 3.33. The van der Waals surface area contributed by atoms with E-state index in [0.29, 0.717) is 22.3 Å². The summed E-state index contributed by atoms with van der Waals surface area (Å²) in [5, 5.41) is 2.03. The first-order chi connectivity index (χ1) is 11.1. The topological polar surface area (TPSA) is 46.1 Å². The van der Waals surface area contributed by atoms with E-state index in [2.05, 4.69) is 9.97 Å². The third-order valence-corrected chi connectivity index (χ3v) is 5.33. The number of benzene rings is 1. The molecule has 2 heterocycles. The minimum absolute atomic E-state index is 0.0879. The van der Waals surface area contributed by atoms with E-state index in [9.17, 15) is 4.79 Å². The van der Waals surface area contributed by atoms with Crippen molar-refractivity contribution in [2.45, 2.75) is 11.9 Å². The molecule has 0 unspecified atom stereocenters. The molecule has 2 aromatic heterocycles. The molecule has 0 radical (unpaired) electrons. The first-order valence-electron chi connectivity index (χ1n) is 7.01. The molecule has 3 aromatic rings. The van der Waals surface area contributed by atoms with Crippen LogP contribution in [-0.4, -0.2) is 28.7 Å². The van der Waals surface area contributed by atoms with Gasteiger partial charge in [0, 0.05) is 17.8 Å². The Morgan fingerprint density at radius 1 is 1.39 bits per heavy atom. The molecule has 0 aliphatic rings. The van der Waals surface area contributed by atoms with E-state index in [1.54, 1.807) is 23.2 Å². The third kappa shape index (κ3) is 3.20. The van der Waals surface area contributed by atoms with E-state index < -0.39 is 0 Å². The number of thiazole rings is 1. The number of halogens is 1. The summed E-state index contributed by atoms with van der Waals surface area (Å²) in [6.07, 6.45) is 3.60. The molecular weight excluding hydrogens is 350 g/mol. The fraction of sp³-hybridized carbons (Fsp3) is 0.188. The standard InChI is InChI=1S/C16H14ClN3OS2/c1-3-20(15(21)11-5-4-8-18-14(11)22-2)16-19-12-9-10(17)6-7-13(12)23-16/h4-9H,3H2,1-2H3. The van der Waals surface area contributed by atoms with Gasteiger partial charge in [0.2, 0.25) is 0 Å². The van der Waals surface area contributed by atoms with Gasteiger partial charge in [0.15, 0.2) is 5.13 Å². The van der Waals surface area contributed by atoms with Crippen LogP contribution in [0.5, 0.6) is 0 Å². The lowest BCUT2D eigenvalue weighted by molar-refractivity contribution is 0.0985. The van der Waals surface area contributed by atoms with Gasteiger partial charge in [-0.15, -0.1) is 11.8 Å². The summed E-state index contributed by atoms with van der Waals surface area (Å²) < 4.78 is 1.01. The Morgan fingerprint density at radius 3 is 2.96 bits per heavy atom. The van der Waals surface area contributed by atoms with Crippen LogP contribution in [0.4, 0.5) is 5.13 Å². The van der Waals surface area contributed by atoms with Crippen LogP contribution >= 0.6 is 34.7 Å². The summed E-state index contributed by atoms with van der Waals surface area (Å²) in [6, 6.07) is 9.14. The highest BCUT2D eigenvalue weighted by Crippen LogP contribution is 2.31.